The molecule has 0 bridgehead atoms. The zero-order chi connectivity index (χ0) is 19.3. The van der Waals surface area contributed by atoms with Crippen molar-refractivity contribution < 1.29 is 4.39 Å². The van der Waals surface area contributed by atoms with E-state index in [1.807, 2.05) is 35.2 Å². The predicted molar refractivity (Wildman–Crippen MR) is 114 cm³/mol. The summed E-state index contributed by atoms with van der Waals surface area (Å²) in [5.41, 5.74) is 3.51. The molecule has 1 aromatic carbocycles. The van der Waals surface area contributed by atoms with Crippen LogP contribution in [0.25, 0.3) is 10.6 Å². The van der Waals surface area contributed by atoms with Crippen molar-refractivity contribution in [3.8, 4) is 10.6 Å². The van der Waals surface area contributed by atoms with E-state index in [0.29, 0.717) is 6.42 Å². The number of thiophene rings is 1. The van der Waals surface area contributed by atoms with Crippen molar-refractivity contribution in [3.05, 3.63) is 87.9 Å². The second-order valence-electron chi connectivity index (χ2n) is 5.92. The van der Waals surface area contributed by atoms with Crippen LogP contribution in [0.2, 0.25) is 0 Å². The van der Waals surface area contributed by atoms with Crippen LogP contribution in [0.1, 0.15) is 18.9 Å². The van der Waals surface area contributed by atoms with Crippen LogP contribution < -0.4 is 4.80 Å². The molecule has 140 valence electrons. The minimum absolute atomic E-state index is 0.256. The topological polar surface area (TPSA) is 42.5 Å². The third-order valence-electron chi connectivity index (χ3n) is 4.06. The van der Waals surface area contributed by atoms with Gasteiger partial charge in [0, 0.05) is 11.6 Å². The second-order valence-corrected chi connectivity index (χ2v) is 7.71. The number of thiazole rings is 1. The molecule has 4 rings (SSSR count). The van der Waals surface area contributed by atoms with Gasteiger partial charge in [0.15, 0.2) is 0 Å². The fraction of sp³-hybridized carbons (Fsp3) is 0.0952. The van der Waals surface area contributed by atoms with Gasteiger partial charge < -0.3 is 0 Å². The zero-order valence-electron chi connectivity index (χ0n) is 15.1. The lowest BCUT2D eigenvalue weighted by Gasteiger charge is -2.07. The molecule has 0 radical (unpaired) electrons. The molecule has 7 heteroatoms. The average Bonchev–Trinajstić information content (AvgIpc) is 3.38. The van der Waals surface area contributed by atoms with Gasteiger partial charge in [-0.1, -0.05) is 25.1 Å². The maximum Gasteiger partial charge on any atom is 0.211 e. The van der Waals surface area contributed by atoms with E-state index < -0.39 is 0 Å². The highest BCUT2D eigenvalue weighted by Crippen LogP contribution is 2.26. The Labute approximate surface area is 170 Å². The molecule has 3 aromatic heterocycles. The molecule has 0 aliphatic heterocycles. The van der Waals surface area contributed by atoms with Crippen LogP contribution in [0, 0.1) is 5.82 Å². The highest BCUT2D eigenvalue weighted by Gasteiger charge is 2.11. The van der Waals surface area contributed by atoms with E-state index >= 15 is 0 Å². The molecular weight excluding hydrogens is 391 g/mol. The number of rotatable bonds is 5. The first-order chi connectivity index (χ1) is 13.7. The summed E-state index contributed by atoms with van der Waals surface area (Å²) in [5, 5.41) is 9.00. The normalized spacial score (nSPS) is 12.5. The number of pyridine rings is 1. The van der Waals surface area contributed by atoms with Crippen molar-refractivity contribution in [2.75, 3.05) is 0 Å². The molecule has 0 saturated carbocycles. The van der Waals surface area contributed by atoms with Gasteiger partial charge >= 0.3 is 0 Å². The molecule has 28 heavy (non-hydrogen) atoms. The molecule has 0 aliphatic carbocycles. The van der Waals surface area contributed by atoms with Gasteiger partial charge in [-0.2, -0.15) is 5.10 Å². The van der Waals surface area contributed by atoms with Crippen molar-refractivity contribution in [1.29, 1.82) is 0 Å². The third kappa shape index (κ3) is 4.00. The first-order valence-corrected chi connectivity index (χ1v) is 10.5. The summed E-state index contributed by atoms with van der Waals surface area (Å²) in [6.45, 7) is 2.04. The van der Waals surface area contributed by atoms with Crippen molar-refractivity contribution in [3.63, 3.8) is 0 Å². The van der Waals surface area contributed by atoms with Gasteiger partial charge in [-0.15, -0.1) is 22.7 Å². The fourth-order valence-corrected chi connectivity index (χ4v) is 4.34. The van der Waals surface area contributed by atoms with Gasteiger partial charge in [0.25, 0.3) is 0 Å². The SMILES string of the molecule is CCC(=Nn1c(-c2cccs2)csc1=Nc1cccnc1)c1ccc(F)cc1. The van der Waals surface area contributed by atoms with Crippen molar-refractivity contribution >= 4 is 34.1 Å². The lowest BCUT2D eigenvalue weighted by Crippen LogP contribution is -2.14. The van der Waals surface area contributed by atoms with Crippen LogP contribution in [0.3, 0.4) is 0 Å². The lowest BCUT2D eigenvalue weighted by atomic mass is 10.1. The number of hydrogen-bond donors (Lipinski definition) is 0. The molecule has 0 unspecified atom stereocenters. The van der Waals surface area contributed by atoms with E-state index in [9.17, 15) is 4.39 Å². The monoisotopic (exact) mass is 408 g/mol. The Morgan fingerprint density at radius 2 is 1.96 bits per heavy atom. The van der Waals surface area contributed by atoms with Crippen LogP contribution in [0.4, 0.5) is 10.1 Å². The smallest absolute Gasteiger partial charge is 0.211 e. The molecule has 0 amide bonds. The summed E-state index contributed by atoms with van der Waals surface area (Å²) in [7, 11) is 0. The first kappa shape index (κ1) is 18.5. The Morgan fingerprint density at radius 1 is 1.11 bits per heavy atom. The Hall–Kier alpha value is -2.90. The highest BCUT2D eigenvalue weighted by molar-refractivity contribution is 7.14. The van der Waals surface area contributed by atoms with E-state index in [1.54, 1.807) is 35.9 Å². The van der Waals surface area contributed by atoms with Crippen LogP contribution >= 0.6 is 22.7 Å². The van der Waals surface area contributed by atoms with Crippen molar-refractivity contribution in [2.24, 2.45) is 10.1 Å². The zero-order valence-corrected chi connectivity index (χ0v) is 16.8. The number of aromatic nitrogens is 2. The van der Waals surface area contributed by atoms with E-state index in [2.05, 4.69) is 16.4 Å². The van der Waals surface area contributed by atoms with Gasteiger partial charge in [0.05, 0.1) is 28.2 Å². The Bertz CT molecular complexity index is 1140. The van der Waals surface area contributed by atoms with Gasteiger partial charge in [-0.25, -0.2) is 14.1 Å². The molecule has 3 heterocycles. The maximum absolute atomic E-state index is 13.3. The van der Waals surface area contributed by atoms with Gasteiger partial charge in [0.1, 0.15) is 5.82 Å². The number of hydrogen-bond acceptors (Lipinski definition) is 5. The summed E-state index contributed by atoms with van der Waals surface area (Å²) in [6.07, 6.45) is 4.16. The van der Waals surface area contributed by atoms with Crippen LogP contribution in [0.15, 0.2) is 81.8 Å². The minimum Gasteiger partial charge on any atom is -0.262 e. The molecule has 0 saturated heterocycles. The summed E-state index contributed by atoms with van der Waals surface area (Å²) >= 11 is 3.18. The lowest BCUT2D eigenvalue weighted by molar-refractivity contribution is 0.627. The Balaban J connectivity index is 1.89. The minimum atomic E-state index is -0.256. The van der Waals surface area contributed by atoms with Crippen LogP contribution in [0.5, 0.6) is 0 Å². The predicted octanol–water partition coefficient (Wildman–Crippen LogP) is 5.71. The average molecular weight is 409 g/mol. The fourth-order valence-electron chi connectivity index (χ4n) is 2.69. The molecule has 0 atom stereocenters. The van der Waals surface area contributed by atoms with Crippen molar-refractivity contribution in [2.45, 2.75) is 13.3 Å². The third-order valence-corrected chi connectivity index (χ3v) is 5.77. The molecule has 4 nitrogen and oxygen atoms in total. The van der Waals surface area contributed by atoms with Gasteiger partial charge in [-0.05, 0) is 47.7 Å². The Kier molecular flexibility index (Phi) is 5.55. The first-order valence-electron chi connectivity index (χ1n) is 8.77. The van der Waals surface area contributed by atoms with Gasteiger partial charge in [-0.3, -0.25) is 4.98 Å². The van der Waals surface area contributed by atoms with E-state index in [1.165, 1.54) is 23.5 Å². The molecular formula is C21H17FN4S2. The summed E-state index contributed by atoms with van der Waals surface area (Å²) < 4.78 is 15.2. The van der Waals surface area contributed by atoms with Crippen LogP contribution in [-0.4, -0.2) is 15.4 Å². The van der Waals surface area contributed by atoms with E-state index in [0.717, 1.165) is 32.3 Å². The number of nitrogens with zero attached hydrogens (tertiary/aromatic N) is 4. The quantitative estimate of drug-likeness (QED) is 0.390. The molecule has 0 spiro atoms. The Morgan fingerprint density at radius 3 is 2.64 bits per heavy atom. The van der Waals surface area contributed by atoms with Gasteiger partial charge in [0.2, 0.25) is 4.80 Å². The van der Waals surface area contributed by atoms with Crippen molar-refractivity contribution in [1.82, 2.24) is 9.66 Å². The number of benzene rings is 1. The maximum atomic E-state index is 13.3. The van der Waals surface area contributed by atoms with Crippen LogP contribution in [-0.2, 0) is 0 Å². The molecule has 0 N–H and O–H groups in total. The highest BCUT2D eigenvalue weighted by atomic mass is 32.1. The summed E-state index contributed by atoms with van der Waals surface area (Å²) in [5.74, 6) is -0.256. The standard InChI is InChI=1S/C21H17FN4S2/c1-2-18(15-7-9-16(22)10-8-15)25-26-19(20-6-4-12-27-20)14-28-21(26)24-17-5-3-11-23-13-17/h3-14H,2H2,1H3. The largest absolute Gasteiger partial charge is 0.262 e. The summed E-state index contributed by atoms with van der Waals surface area (Å²) in [4.78, 5) is 10.7. The summed E-state index contributed by atoms with van der Waals surface area (Å²) in [6, 6.07) is 14.3. The number of halogens is 1. The molecule has 0 fully saturated rings. The second kappa shape index (κ2) is 8.41. The molecule has 0 aliphatic rings. The van der Waals surface area contributed by atoms with E-state index in [-0.39, 0.29) is 5.82 Å². The molecule has 4 aromatic rings. The van der Waals surface area contributed by atoms with E-state index in [4.69, 9.17) is 10.1 Å².